The molecular weight excluding hydrogens is 384 g/mol. The normalized spacial score (nSPS) is 10.8. The van der Waals surface area contributed by atoms with Crippen molar-refractivity contribution in [1.82, 2.24) is 10.3 Å². The number of hydrogen-bond acceptors (Lipinski definition) is 2. The number of amides is 1. The zero-order valence-electron chi connectivity index (χ0n) is 16.0. The molecule has 0 aliphatic rings. The number of hydrogen-bond donors (Lipinski definition) is 2. The van der Waals surface area contributed by atoms with Crippen LogP contribution in [-0.4, -0.2) is 24.5 Å². The minimum atomic E-state index is -0.0833. The summed E-state index contributed by atoms with van der Waals surface area (Å²) in [7, 11) is 1.65. The van der Waals surface area contributed by atoms with Gasteiger partial charge < -0.3 is 15.0 Å². The van der Waals surface area contributed by atoms with Crippen LogP contribution in [0.2, 0.25) is 5.02 Å². The molecule has 0 saturated carbocycles. The van der Waals surface area contributed by atoms with E-state index in [2.05, 4.69) is 10.3 Å². The molecule has 0 spiro atoms. The molecule has 29 heavy (non-hydrogen) atoms. The standard InChI is InChI=1S/C24H21ClN2O2/c1-29-21-4-2-3-18(13-21)16-5-7-17(8-6-16)24(28)26-12-11-19-15-27-23-10-9-20(25)14-22(19)23/h2-10,13-15,27H,11-12H2,1H3,(H,26,28). The van der Waals surface area contributed by atoms with E-state index in [0.29, 0.717) is 17.1 Å². The van der Waals surface area contributed by atoms with Gasteiger partial charge in [0.2, 0.25) is 0 Å². The first-order valence-electron chi connectivity index (χ1n) is 9.42. The molecule has 0 saturated heterocycles. The van der Waals surface area contributed by atoms with Crippen molar-refractivity contribution in [3.05, 3.63) is 89.1 Å². The quantitative estimate of drug-likeness (QED) is 0.447. The van der Waals surface area contributed by atoms with Crippen LogP contribution in [0.25, 0.3) is 22.0 Å². The molecule has 0 aliphatic heterocycles. The van der Waals surface area contributed by atoms with E-state index in [1.807, 2.05) is 72.9 Å². The Morgan fingerprint density at radius 1 is 1.03 bits per heavy atom. The van der Waals surface area contributed by atoms with Gasteiger partial charge in [0.15, 0.2) is 0 Å². The average molecular weight is 405 g/mol. The predicted octanol–water partition coefficient (Wildman–Crippen LogP) is 5.47. The van der Waals surface area contributed by atoms with Gasteiger partial charge in [-0.15, -0.1) is 0 Å². The van der Waals surface area contributed by atoms with Crippen molar-refractivity contribution < 1.29 is 9.53 Å². The van der Waals surface area contributed by atoms with Gasteiger partial charge in [0, 0.05) is 34.2 Å². The number of H-pyrrole nitrogens is 1. The average Bonchev–Trinajstić information content (AvgIpc) is 3.16. The number of halogens is 1. The summed E-state index contributed by atoms with van der Waals surface area (Å²) in [6, 6.07) is 21.2. The molecule has 0 bridgehead atoms. The monoisotopic (exact) mass is 404 g/mol. The van der Waals surface area contributed by atoms with E-state index < -0.39 is 0 Å². The van der Waals surface area contributed by atoms with E-state index in [-0.39, 0.29) is 5.91 Å². The van der Waals surface area contributed by atoms with Crippen LogP contribution in [0.4, 0.5) is 0 Å². The van der Waals surface area contributed by atoms with Crippen molar-refractivity contribution in [2.45, 2.75) is 6.42 Å². The van der Waals surface area contributed by atoms with Crippen molar-refractivity contribution in [3.63, 3.8) is 0 Å². The Bertz CT molecular complexity index is 1150. The van der Waals surface area contributed by atoms with Gasteiger partial charge in [0.25, 0.3) is 5.91 Å². The van der Waals surface area contributed by atoms with E-state index in [1.165, 1.54) is 0 Å². The smallest absolute Gasteiger partial charge is 0.251 e. The fourth-order valence-electron chi connectivity index (χ4n) is 3.39. The number of fused-ring (bicyclic) bond motifs is 1. The van der Waals surface area contributed by atoms with Crippen molar-refractivity contribution in [2.24, 2.45) is 0 Å². The maximum absolute atomic E-state index is 12.5. The van der Waals surface area contributed by atoms with E-state index in [1.54, 1.807) is 7.11 Å². The number of methoxy groups -OCH3 is 1. The topological polar surface area (TPSA) is 54.1 Å². The van der Waals surface area contributed by atoms with Gasteiger partial charge in [-0.25, -0.2) is 0 Å². The number of ether oxygens (including phenoxy) is 1. The van der Waals surface area contributed by atoms with Crippen molar-refractivity contribution >= 4 is 28.4 Å². The predicted molar refractivity (Wildman–Crippen MR) is 118 cm³/mol. The fourth-order valence-corrected chi connectivity index (χ4v) is 3.56. The lowest BCUT2D eigenvalue weighted by molar-refractivity contribution is 0.0954. The number of rotatable bonds is 6. The number of carbonyl (C=O) groups is 1. The molecule has 1 amide bonds. The molecular formula is C24H21ClN2O2. The lowest BCUT2D eigenvalue weighted by atomic mass is 10.0. The Balaban J connectivity index is 1.39. The maximum Gasteiger partial charge on any atom is 0.251 e. The van der Waals surface area contributed by atoms with Crippen LogP contribution in [0.1, 0.15) is 15.9 Å². The second kappa shape index (κ2) is 8.41. The Morgan fingerprint density at radius 3 is 2.66 bits per heavy atom. The van der Waals surface area contributed by atoms with Crippen LogP contribution in [0.3, 0.4) is 0 Å². The van der Waals surface area contributed by atoms with Gasteiger partial charge in [-0.3, -0.25) is 4.79 Å². The van der Waals surface area contributed by atoms with Gasteiger partial charge in [-0.2, -0.15) is 0 Å². The van der Waals surface area contributed by atoms with Crippen molar-refractivity contribution in [2.75, 3.05) is 13.7 Å². The van der Waals surface area contributed by atoms with Crippen LogP contribution >= 0.6 is 11.6 Å². The van der Waals surface area contributed by atoms with Gasteiger partial charge >= 0.3 is 0 Å². The Kier molecular flexibility index (Phi) is 5.54. The molecule has 146 valence electrons. The second-order valence-electron chi connectivity index (χ2n) is 6.82. The molecule has 5 heteroatoms. The third-order valence-corrected chi connectivity index (χ3v) is 5.19. The van der Waals surface area contributed by atoms with Gasteiger partial charge in [0.05, 0.1) is 7.11 Å². The zero-order chi connectivity index (χ0) is 20.2. The summed E-state index contributed by atoms with van der Waals surface area (Å²) in [5, 5.41) is 4.79. The van der Waals surface area contributed by atoms with Crippen LogP contribution in [0.5, 0.6) is 5.75 Å². The summed E-state index contributed by atoms with van der Waals surface area (Å²) in [5.74, 6) is 0.725. The van der Waals surface area contributed by atoms with Crippen LogP contribution in [0, 0.1) is 0 Å². The Labute approximate surface area is 174 Å². The molecule has 4 rings (SSSR count). The summed E-state index contributed by atoms with van der Waals surface area (Å²) >= 11 is 6.10. The third kappa shape index (κ3) is 4.28. The zero-order valence-corrected chi connectivity index (χ0v) is 16.8. The SMILES string of the molecule is COc1cccc(-c2ccc(C(=O)NCCc3c[nH]c4ccc(Cl)cc34)cc2)c1. The summed E-state index contributed by atoms with van der Waals surface area (Å²) in [5.41, 5.74) is 4.91. The van der Waals surface area contributed by atoms with E-state index in [9.17, 15) is 4.79 Å². The molecule has 3 aromatic carbocycles. The number of aromatic amines is 1. The van der Waals surface area contributed by atoms with Gasteiger partial charge in [-0.05, 0) is 65.6 Å². The van der Waals surface area contributed by atoms with E-state index >= 15 is 0 Å². The van der Waals surface area contributed by atoms with Gasteiger partial charge in [0.1, 0.15) is 5.75 Å². The largest absolute Gasteiger partial charge is 0.497 e. The van der Waals surface area contributed by atoms with Crippen LogP contribution < -0.4 is 10.1 Å². The molecule has 0 atom stereocenters. The number of benzene rings is 3. The van der Waals surface area contributed by atoms with E-state index in [0.717, 1.165) is 39.8 Å². The highest BCUT2D eigenvalue weighted by atomic mass is 35.5. The van der Waals surface area contributed by atoms with Crippen LogP contribution in [-0.2, 0) is 6.42 Å². The van der Waals surface area contributed by atoms with Crippen molar-refractivity contribution in [1.29, 1.82) is 0 Å². The molecule has 0 aliphatic carbocycles. The summed E-state index contributed by atoms with van der Waals surface area (Å²) in [6.07, 6.45) is 2.70. The number of nitrogens with one attached hydrogen (secondary N) is 2. The van der Waals surface area contributed by atoms with Crippen LogP contribution in [0.15, 0.2) is 72.9 Å². The minimum absolute atomic E-state index is 0.0833. The molecule has 4 nitrogen and oxygen atoms in total. The first-order chi connectivity index (χ1) is 14.1. The Morgan fingerprint density at radius 2 is 1.86 bits per heavy atom. The fraction of sp³-hybridized carbons (Fsp3) is 0.125. The third-order valence-electron chi connectivity index (χ3n) is 4.96. The molecule has 0 fully saturated rings. The van der Waals surface area contributed by atoms with Gasteiger partial charge in [-0.1, -0.05) is 35.9 Å². The number of carbonyl (C=O) groups excluding carboxylic acids is 1. The highest BCUT2D eigenvalue weighted by Gasteiger charge is 2.08. The first-order valence-corrected chi connectivity index (χ1v) is 9.80. The molecule has 1 aromatic heterocycles. The second-order valence-corrected chi connectivity index (χ2v) is 7.26. The first kappa shape index (κ1) is 19.1. The molecule has 0 unspecified atom stereocenters. The number of aromatic nitrogens is 1. The lowest BCUT2D eigenvalue weighted by Gasteiger charge is -2.07. The highest BCUT2D eigenvalue weighted by molar-refractivity contribution is 6.31. The summed E-state index contributed by atoms with van der Waals surface area (Å²) in [6.45, 7) is 0.552. The lowest BCUT2D eigenvalue weighted by Crippen LogP contribution is -2.25. The molecule has 2 N–H and O–H groups in total. The van der Waals surface area contributed by atoms with E-state index in [4.69, 9.17) is 16.3 Å². The molecule has 4 aromatic rings. The molecule has 0 radical (unpaired) electrons. The maximum atomic E-state index is 12.5. The highest BCUT2D eigenvalue weighted by Crippen LogP contribution is 2.24. The summed E-state index contributed by atoms with van der Waals surface area (Å²) < 4.78 is 5.27. The Hall–Kier alpha value is -3.24. The minimum Gasteiger partial charge on any atom is -0.497 e. The van der Waals surface area contributed by atoms with Crippen molar-refractivity contribution in [3.8, 4) is 16.9 Å². The summed E-state index contributed by atoms with van der Waals surface area (Å²) in [4.78, 5) is 15.7. The molecule has 1 heterocycles.